The first-order valence-corrected chi connectivity index (χ1v) is 9.29. The summed E-state index contributed by atoms with van der Waals surface area (Å²) in [4.78, 5) is 40.9. The molecule has 1 aliphatic heterocycles. The maximum atomic E-state index is 13.0. The molecule has 1 heterocycles. The molecule has 1 aromatic carbocycles. The highest BCUT2D eigenvalue weighted by Crippen LogP contribution is 2.27. The van der Waals surface area contributed by atoms with Crippen molar-refractivity contribution in [2.24, 2.45) is 5.92 Å². The Bertz CT molecular complexity index is 649. The van der Waals surface area contributed by atoms with Crippen LogP contribution in [0.3, 0.4) is 0 Å². The van der Waals surface area contributed by atoms with Gasteiger partial charge in [-0.1, -0.05) is 37.3 Å². The number of esters is 1. The van der Waals surface area contributed by atoms with Crippen molar-refractivity contribution in [3.63, 3.8) is 0 Å². The first-order valence-electron chi connectivity index (χ1n) is 9.29. The Balaban J connectivity index is 2.17. The van der Waals surface area contributed by atoms with Crippen molar-refractivity contribution in [1.29, 1.82) is 0 Å². The summed E-state index contributed by atoms with van der Waals surface area (Å²) in [7, 11) is 2.98. The van der Waals surface area contributed by atoms with Gasteiger partial charge in [-0.25, -0.2) is 4.79 Å². The number of methoxy groups -OCH3 is 1. The standard InChI is InChI=1S/C20H28N2O5/c1-4-12-21(2)18(23)17-16(19(24)26-3)11-8-13-22(17)20(25)27-14-15-9-6-5-7-10-15/h5-7,9-10,16-17H,4,8,11-14H2,1-3H3/t16-,17+/m1/s1. The molecule has 0 unspecified atom stereocenters. The smallest absolute Gasteiger partial charge is 0.410 e. The molecule has 2 amide bonds. The molecule has 1 aromatic rings. The van der Waals surface area contributed by atoms with Crippen molar-refractivity contribution in [2.75, 3.05) is 27.2 Å². The maximum absolute atomic E-state index is 13.0. The van der Waals surface area contributed by atoms with Gasteiger partial charge < -0.3 is 14.4 Å². The molecule has 0 spiro atoms. The lowest BCUT2D eigenvalue weighted by Gasteiger charge is -2.39. The summed E-state index contributed by atoms with van der Waals surface area (Å²) in [5.41, 5.74) is 0.860. The molecule has 7 heteroatoms. The lowest BCUT2D eigenvalue weighted by Crippen LogP contribution is -2.58. The predicted molar refractivity (Wildman–Crippen MR) is 99.8 cm³/mol. The second kappa shape index (κ2) is 9.94. The number of likely N-dealkylation sites (N-methyl/N-ethyl adjacent to an activating group) is 1. The summed E-state index contributed by atoms with van der Waals surface area (Å²) in [6.45, 7) is 3.01. The van der Waals surface area contributed by atoms with Gasteiger partial charge >= 0.3 is 12.1 Å². The Morgan fingerprint density at radius 2 is 1.93 bits per heavy atom. The largest absolute Gasteiger partial charge is 0.469 e. The summed E-state index contributed by atoms with van der Waals surface area (Å²) in [6.07, 6.45) is 1.32. The number of carbonyl (C=O) groups excluding carboxylic acids is 3. The van der Waals surface area contributed by atoms with Gasteiger partial charge in [0.1, 0.15) is 12.6 Å². The van der Waals surface area contributed by atoms with Gasteiger partial charge in [-0.3, -0.25) is 14.5 Å². The Morgan fingerprint density at radius 3 is 2.56 bits per heavy atom. The molecule has 2 rings (SSSR count). The van der Waals surface area contributed by atoms with Crippen LogP contribution in [-0.4, -0.2) is 61.1 Å². The number of amides is 2. The average molecular weight is 376 g/mol. The van der Waals surface area contributed by atoms with Crippen LogP contribution < -0.4 is 0 Å². The number of hydrogen-bond donors (Lipinski definition) is 0. The molecule has 1 fully saturated rings. The maximum Gasteiger partial charge on any atom is 0.410 e. The molecule has 2 atom stereocenters. The van der Waals surface area contributed by atoms with Crippen LogP contribution in [0.1, 0.15) is 31.7 Å². The summed E-state index contributed by atoms with van der Waals surface area (Å²) in [5.74, 6) is -1.41. The van der Waals surface area contributed by atoms with Crippen LogP contribution in [0, 0.1) is 5.92 Å². The second-order valence-electron chi connectivity index (χ2n) is 6.71. The van der Waals surface area contributed by atoms with Crippen LogP contribution in [0.4, 0.5) is 4.79 Å². The van der Waals surface area contributed by atoms with E-state index in [4.69, 9.17) is 9.47 Å². The summed E-state index contributed by atoms with van der Waals surface area (Å²) >= 11 is 0. The number of ether oxygens (including phenoxy) is 2. The molecule has 148 valence electrons. The van der Waals surface area contributed by atoms with Crippen molar-refractivity contribution in [1.82, 2.24) is 9.80 Å². The SMILES string of the molecule is CCCN(C)C(=O)[C@@H]1[C@H](C(=O)OC)CCCN1C(=O)OCc1ccccc1. The third-order valence-corrected chi connectivity index (χ3v) is 4.76. The van der Waals surface area contributed by atoms with Gasteiger partial charge in [0.15, 0.2) is 0 Å². The van der Waals surface area contributed by atoms with Gasteiger partial charge in [0.2, 0.25) is 5.91 Å². The Morgan fingerprint density at radius 1 is 1.22 bits per heavy atom. The van der Waals surface area contributed by atoms with Crippen molar-refractivity contribution in [3.8, 4) is 0 Å². The van der Waals surface area contributed by atoms with Crippen LogP contribution in [0.15, 0.2) is 30.3 Å². The van der Waals surface area contributed by atoms with E-state index in [1.165, 1.54) is 12.0 Å². The van der Waals surface area contributed by atoms with Crippen LogP contribution in [-0.2, 0) is 25.7 Å². The van der Waals surface area contributed by atoms with Crippen LogP contribution in [0.2, 0.25) is 0 Å². The van der Waals surface area contributed by atoms with Crippen molar-refractivity contribution in [3.05, 3.63) is 35.9 Å². The van der Waals surface area contributed by atoms with E-state index >= 15 is 0 Å². The molecule has 1 saturated heterocycles. The molecular formula is C20H28N2O5. The van der Waals surface area contributed by atoms with Gasteiger partial charge in [-0.05, 0) is 24.8 Å². The zero-order chi connectivity index (χ0) is 19.8. The molecule has 7 nitrogen and oxygen atoms in total. The minimum absolute atomic E-state index is 0.116. The number of benzene rings is 1. The van der Waals surface area contributed by atoms with E-state index in [2.05, 4.69) is 0 Å². The van der Waals surface area contributed by atoms with E-state index < -0.39 is 24.0 Å². The molecule has 0 N–H and O–H groups in total. The third kappa shape index (κ3) is 5.21. The van der Waals surface area contributed by atoms with Crippen LogP contribution in [0.5, 0.6) is 0 Å². The van der Waals surface area contributed by atoms with Gasteiger partial charge in [-0.2, -0.15) is 0 Å². The number of carbonyl (C=O) groups is 3. The Hall–Kier alpha value is -2.57. The lowest BCUT2D eigenvalue weighted by molar-refractivity contribution is -0.155. The first kappa shape index (κ1) is 20.7. The van der Waals surface area contributed by atoms with Gasteiger partial charge in [0.05, 0.1) is 13.0 Å². The molecule has 0 aromatic heterocycles. The fourth-order valence-electron chi connectivity index (χ4n) is 3.38. The molecule has 1 aliphatic rings. The van der Waals surface area contributed by atoms with Crippen molar-refractivity contribution >= 4 is 18.0 Å². The topological polar surface area (TPSA) is 76.2 Å². The monoisotopic (exact) mass is 376 g/mol. The average Bonchev–Trinajstić information content (AvgIpc) is 2.71. The number of piperidine rings is 1. The highest BCUT2D eigenvalue weighted by molar-refractivity contribution is 5.91. The van der Waals surface area contributed by atoms with Crippen molar-refractivity contribution in [2.45, 2.75) is 38.8 Å². The van der Waals surface area contributed by atoms with E-state index in [0.717, 1.165) is 12.0 Å². The number of likely N-dealkylation sites (tertiary alicyclic amines) is 1. The summed E-state index contributed by atoms with van der Waals surface area (Å²) in [6, 6.07) is 8.43. The number of rotatable bonds is 6. The number of hydrogen-bond acceptors (Lipinski definition) is 5. The molecule has 0 aliphatic carbocycles. The fourth-order valence-corrected chi connectivity index (χ4v) is 3.38. The molecule has 27 heavy (non-hydrogen) atoms. The van der Waals surface area contributed by atoms with E-state index in [1.54, 1.807) is 11.9 Å². The van der Waals surface area contributed by atoms with E-state index in [-0.39, 0.29) is 12.5 Å². The van der Waals surface area contributed by atoms with E-state index in [0.29, 0.717) is 25.9 Å². The minimum Gasteiger partial charge on any atom is -0.469 e. The molecular weight excluding hydrogens is 348 g/mol. The minimum atomic E-state index is -0.897. The van der Waals surface area contributed by atoms with E-state index in [9.17, 15) is 14.4 Å². The van der Waals surface area contributed by atoms with Gasteiger partial charge in [0, 0.05) is 20.1 Å². The predicted octanol–water partition coefficient (Wildman–Crippen LogP) is 2.45. The van der Waals surface area contributed by atoms with Crippen molar-refractivity contribution < 1.29 is 23.9 Å². The quantitative estimate of drug-likeness (QED) is 0.713. The normalized spacial score (nSPS) is 19.3. The summed E-state index contributed by atoms with van der Waals surface area (Å²) in [5, 5.41) is 0. The third-order valence-electron chi connectivity index (χ3n) is 4.76. The Labute approximate surface area is 160 Å². The highest BCUT2D eigenvalue weighted by Gasteiger charge is 2.45. The number of nitrogens with zero attached hydrogens (tertiary/aromatic N) is 2. The first-order chi connectivity index (χ1) is 13.0. The molecule has 0 radical (unpaired) electrons. The second-order valence-corrected chi connectivity index (χ2v) is 6.71. The highest BCUT2D eigenvalue weighted by atomic mass is 16.6. The fraction of sp³-hybridized carbons (Fsp3) is 0.550. The molecule has 0 bridgehead atoms. The zero-order valence-corrected chi connectivity index (χ0v) is 16.2. The van der Waals surface area contributed by atoms with Crippen LogP contribution in [0.25, 0.3) is 0 Å². The molecule has 0 saturated carbocycles. The van der Waals surface area contributed by atoms with Crippen LogP contribution >= 0.6 is 0 Å². The van der Waals surface area contributed by atoms with E-state index in [1.807, 2.05) is 37.3 Å². The Kier molecular flexibility index (Phi) is 7.64. The summed E-state index contributed by atoms with van der Waals surface area (Å²) < 4.78 is 10.3. The van der Waals surface area contributed by atoms with Gasteiger partial charge in [0.25, 0.3) is 0 Å². The van der Waals surface area contributed by atoms with Gasteiger partial charge in [-0.15, -0.1) is 0 Å². The zero-order valence-electron chi connectivity index (χ0n) is 16.2. The lowest BCUT2D eigenvalue weighted by atomic mass is 9.88.